The number of hydrogen-bond donors (Lipinski definition) is 0. The summed E-state index contributed by atoms with van der Waals surface area (Å²) in [6, 6.07) is 12.4. The summed E-state index contributed by atoms with van der Waals surface area (Å²) in [4.78, 5) is 13.5. The van der Waals surface area contributed by atoms with Gasteiger partial charge in [0.25, 0.3) is 0 Å². The van der Waals surface area contributed by atoms with E-state index in [2.05, 4.69) is 9.64 Å². The van der Waals surface area contributed by atoms with Crippen molar-refractivity contribution in [3.05, 3.63) is 83.4 Å². The molecule has 1 saturated heterocycles. The number of allylic oxidation sites excluding steroid dienone is 1. The van der Waals surface area contributed by atoms with Crippen LogP contribution in [0.15, 0.2) is 60.7 Å². The Labute approximate surface area is 176 Å². The molecule has 1 fully saturated rings. The molecule has 160 valence electrons. The van der Waals surface area contributed by atoms with E-state index in [1.807, 2.05) is 6.08 Å². The Morgan fingerprint density at radius 1 is 1.03 bits per heavy atom. The number of ether oxygens (including phenoxy) is 2. The minimum atomic E-state index is -0.383. The van der Waals surface area contributed by atoms with Crippen LogP contribution in [0, 0.1) is 17.6 Å². The van der Waals surface area contributed by atoms with Crippen LogP contribution in [-0.4, -0.2) is 44.2 Å². The Bertz CT molecular complexity index is 783. The molecule has 0 aliphatic carbocycles. The van der Waals surface area contributed by atoms with E-state index in [-0.39, 0.29) is 23.7 Å². The molecule has 0 saturated carbocycles. The highest BCUT2D eigenvalue weighted by Crippen LogP contribution is 2.27. The van der Waals surface area contributed by atoms with Gasteiger partial charge in [-0.3, -0.25) is 0 Å². The number of carbonyl (C=O) groups is 1. The fourth-order valence-corrected chi connectivity index (χ4v) is 3.61. The molecule has 2 aromatic carbocycles. The number of carbonyl (C=O) groups excluding carboxylic acids is 1. The van der Waals surface area contributed by atoms with Gasteiger partial charge < -0.3 is 14.4 Å². The van der Waals surface area contributed by atoms with Gasteiger partial charge in [0.2, 0.25) is 0 Å². The van der Waals surface area contributed by atoms with Crippen molar-refractivity contribution >= 4 is 5.97 Å². The van der Waals surface area contributed by atoms with Crippen molar-refractivity contribution in [2.45, 2.75) is 18.9 Å². The molecule has 0 radical (unpaired) electrons. The molecule has 0 N–H and O–H groups in total. The van der Waals surface area contributed by atoms with Gasteiger partial charge in [-0.1, -0.05) is 30.3 Å². The zero-order valence-corrected chi connectivity index (χ0v) is 17.1. The fraction of sp³-hybridized carbons (Fsp3) is 0.375. The lowest BCUT2D eigenvalue weighted by molar-refractivity contribution is -0.134. The molecule has 0 unspecified atom stereocenters. The highest BCUT2D eigenvalue weighted by atomic mass is 19.1. The summed E-state index contributed by atoms with van der Waals surface area (Å²) in [6.45, 7) is 3.13. The predicted octanol–water partition coefficient (Wildman–Crippen LogP) is 4.51. The number of nitrogens with zero attached hydrogens (tertiary/aromatic N) is 1. The Morgan fingerprint density at radius 2 is 1.57 bits per heavy atom. The Balaban J connectivity index is 1.54. The first-order chi connectivity index (χ1) is 14.5. The standard InChI is InChI=1S/C24H27F2NO3/c1-29-23(28)11-2-18-12-14-27(15-13-18)16-17-30-24(19-3-7-21(25)8-4-19)20-5-9-22(26)10-6-20/h2-11,18,24H,12-17H2,1H3. The lowest BCUT2D eigenvalue weighted by Gasteiger charge is -2.31. The molecular formula is C24H27F2NO3. The number of methoxy groups -OCH3 is 1. The van der Waals surface area contributed by atoms with Crippen molar-refractivity contribution in [2.24, 2.45) is 5.92 Å². The SMILES string of the molecule is COC(=O)C=CC1CCN(CCOC(c2ccc(F)cc2)c2ccc(F)cc2)CC1. The third-order valence-electron chi connectivity index (χ3n) is 5.38. The Kier molecular flexibility index (Phi) is 8.11. The van der Waals surface area contributed by atoms with Gasteiger partial charge in [-0.2, -0.15) is 0 Å². The molecule has 6 heteroatoms. The Hall–Kier alpha value is -2.57. The number of benzene rings is 2. The van der Waals surface area contributed by atoms with Gasteiger partial charge in [-0.15, -0.1) is 0 Å². The second-order valence-electron chi connectivity index (χ2n) is 7.42. The second-order valence-corrected chi connectivity index (χ2v) is 7.42. The quantitative estimate of drug-likeness (QED) is 0.470. The summed E-state index contributed by atoms with van der Waals surface area (Å²) in [5.74, 6) is -0.549. The van der Waals surface area contributed by atoms with Crippen molar-refractivity contribution in [2.75, 3.05) is 33.4 Å². The van der Waals surface area contributed by atoms with Gasteiger partial charge in [-0.25, -0.2) is 13.6 Å². The first-order valence-corrected chi connectivity index (χ1v) is 10.2. The normalized spacial score (nSPS) is 15.7. The summed E-state index contributed by atoms with van der Waals surface area (Å²) in [7, 11) is 1.38. The highest BCUT2D eigenvalue weighted by molar-refractivity contribution is 5.81. The van der Waals surface area contributed by atoms with Gasteiger partial charge in [0.15, 0.2) is 0 Å². The summed E-state index contributed by atoms with van der Waals surface area (Å²) in [5.41, 5.74) is 1.66. The average molecular weight is 415 g/mol. The maximum absolute atomic E-state index is 13.3. The third kappa shape index (κ3) is 6.47. The van der Waals surface area contributed by atoms with Crippen molar-refractivity contribution in [1.29, 1.82) is 0 Å². The van der Waals surface area contributed by atoms with E-state index in [4.69, 9.17) is 4.74 Å². The maximum atomic E-state index is 13.3. The summed E-state index contributed by atoms with van der Waals surface area (Å²) < 4.78 is 37.4. The van der Waals surface area contributed by atoms with Crippen LogP contribution in [0.25, 0.3) is 0 Å². The molecule has 0 bridgehead atoms. The van der Waals surface area contributed by atoms with Gasteiger partial charge in [0, 0.05) is 12.6 Å². The molecule has 0 atom stereocenters. The molecular weight excluding hydrogens is 388 g/mol. The van der Waals surface area contributed by atoms with Crippen molar-refractivity contribution < 1.29 is 23.0 Å². The molecule has 1 aliphatic heterocycles. The van der Waals surface area contributed by atoms with Gasteiger partial charge >= 0.3 is 5.97 Å². The minimum absolute atomic E-state index is 0.305. The van der Waals surface area contributed by atoms with E-state index in [0.29, 0.717) is 12.5 Å². The molecule has 0 spiro atoms. The monoisotopic (exact) mass is 415 g/mol. The zero-order chi connectivity index (χ0) is 21.3. The summed E-state index contributed by atoms with van der Waals surface area (Å²) >= 11 is 0. The van der Waals surface area contributed by atoms with Gasteiger partial charge in [0.05, 0.1) is 13.7 Å². The van der Waals surface area contributed by atoms with E-state index in [1.54, 1.807) is 24.3 Å². The number of piperidine rings is 1. The minimum Gasteiger partial charge on any atom is -0.466 e. The van der Waals surface area contributed by atoms with Crippen LogP contribution in [0.1, 0.15) is 30.1 Å². The van der Waals surface area contributed by atoms with Crippen LogP contribution in [0.4, 0.5) is 8.78 Å². The van der Waals surface area contributed by atoms with Crippen LogP contribution in [0.5, 0.6) is 0 Å². The van der Waals surface area contributed by atoms with Crippen LogP contribution in [0.3, 0.4) is 0 Å². The van der Waals surface area contributed by atoms with Crippen molar-refractivity contribution in [3.8, 4) is 0 Å². The number of hydrogen-bond acceptors (Lipinski definition) is 4. The highest BCUT2D eigenvalue weighted by Gasteiger charge is 2.19. The molecule has 4 nitrogen and oxygen atoms in total. The van der Waals surface area contributed by atoms with Crippen LogP contribution in [-0.2, 0) is 14.3 Å². The van der Waals surface area contributed by atoms with E-state index >= 15 is 0 Å². The number of rotatable bonds is 8. The molecule has 3 rings (SSSR count). The first kappa shape index (κ1) is 22.1. The molecule has 0 aromatic heterocycles. The van der Waals surface area contributed by atoms with Crippen molar-refractivity contribution in [1.82, 2.24) is 4.90 Å². The predicted molar refractivity (Wildman–Crippen MR) is 111 cm³/mol. The van der Waals surface area contributed by atoms with E-state index < -0.39 is 0 Å². The van der Waals surface area contributed by atoms with Crippen LogP contribution >= 0.6 is 0 Å². The number of halogens is 2. The molecule has 1 aliphatic rings. The smallest absolute Gasteiger partial charge is 0.330 e. The maximum Gasteiger partial charge on any atom is 0.330 e. The largest absolute Gasteiger partial charge is 0.466 e. The van der Waals surface area contributed by atoms with E-state index in [9.17, 15) is 13.6 Å². The van der Waals surface area contributed by atoms with Crippen LogP contribution in [0.2, 0.25) is 0 Å². The fourth-order valence-electron chi connectivity index (χ4n) is 3.61. The second kappa shape index (κ2) is 11.0. The number of esters is 1. The summed E-state index contributed by atoms with van der Waals surface area (Å²) in [5, 5.41) is 0. The van der Waals surface area contributed by atoms with Crippen molar-refractivity contribution in [3.63, 3.8) is 0 Å². The lowest BCUT2D eigenvalue weighted by Crippen LogP contribution is -2.35. The molecule has 0 amide bonds. The summed E-state index contributed by atoms with van der Waals surface area (Å²) in [6.07, 6.45) is 5.00. The topological polar surface area (TPSA) is 38.8 Å². The average Bonchev–Trinajstić information content (AvgIpc) is 2.77. The van der Waals surface area contributed by atoms with Gasteiger partial charge in [0.1, 0.15) is 17.7 Å². The number of likely N-dealkylation sites (tertiary alicyclic amines) is 1. The van der Waals surface area contributed by atoms with E-state index in [1.165, 1.54) is 37.5 Å². The van der Waals surface area contributed by atoms with Crippen LogP contribution < -0.4 is 0 Å². The zero-order valence-electron chi connectivity index (χ0n) is 17.1. The lowest BCUT2D eigenvalue weighted by atomic mass is 9.96. The first-order valence-electron chi connectivity index (χ1n) is 10.2. The van der Waals surface area contributed by atoms with E-state index in [0.717, 1.165) is 43.6 Å². The molecule has 30 heavy (non-hydrogen) atoms. The third-order valence-corrected chi connectivity index (χ3v) is 5.38. The molecule has 2 aromatic rings. The molecule has 1 heterocycles. The Morgan fingerprint density at radius 3 is 2.07 bits per heavy atom. The van der Waals surface area contributed by atoms with Gasteiger partial charge in [-0.05, 0) is 67.2 Å².